The molecule has 1 amide bonds. The van der Waals surface area contributed by atoms with Crippen molar-refractivity contribution < 1.29 is 4.79 Å². The van der Waals surface area contributed by atoms with Gasteiger partial charge in [0.25, 0.3) is 0 Å². The summed E-state index contributed by atoms with van der Waals surface area (Å²) in [5, 5.41) is 5.45. The van der Waals surface area contributed by atoms with Crippen molar-refractivity contribution in [2.75, 3.05) is 0 Å². The van der Waals surface area contributed by atoms with Crippen molar-refractivity contribution >= 4 is 17.2 Å². The third kappa shape index (κ3) is 3.07. The Morgan fingerprint density at radius 2 is 2.41 bits per heavy atom. The normalized spacial score (nSPS) is 24.1. The van der Waals surface area contributed by atoms with E-state index < -0.39 is 0 Å². The Kier molecular flexibility index (Phi) is 4.18. The Morgan fingerprint density at radius 1 is 1.59 bits per heavy atom. The number of rotatable bonds is 5. The minimum atomic E-state index is -0.334. The second-order valence-electron chi connectivity index (χ2n) is 4.75. The lowest BCUT2D eigenvalue weighted by atomic mass is 10.0. The maximum Gasteiger partial charge on any atom is 0.249 e. The number of primary amides is 1. The molecule has 1 aromatic heterocycles. The summed E-state index contributed by atoms with van der Waals surface area (Å²) in [5.74, 6) is 0.491. The molecule has 0 radical (unpaired) electrons. The van der Waals surface area contributed by atoms with Crippen molar-refractivity contribution in [3.05, 3.63) is 21.9 Å². The highest BCUT2D eigenvalue weighted by Gasteiger charge is 2.25. The molecule has 3 nitrogen and oxygen atoms in total. The van der Waals surface area contributed by atoms with Crippen LogP contribution in [0.4, 0.5) is 0 Å². The van der Waals surface area contributed by atoms with Crippen LogP contribution >= 0.6 is 11.3 Å². The van der Waals surface area contributed by atoms with E-state index in [-0.39, 0.29) is 5.91 Å². The molecule has 1 heterocycles. The van der Waals surface area contributed by atoms with Crippen molar-refractivity contribution in [3.63, 3.8) is 0 Å². The Morgan fingerprint density at radius 3 is 3.06 bits per heavy atom. The Balaban J connectivity index is 1.86. The van der Waals surface area contributed by atoms with Gasteiger partial charge in [-0.05, 0) is 24.8 Å². The van der Waals surface area contributed by atoms with Crippen LogP contribution < -0.4 is 11.1 Å². The predicted molar refractivity (Wildman–Crippen MR) is 71.1 cm³/mol. The quantitative estimate of drug-likeness (QED) is 0.846. The summed E-state index contributed by atoms with van der Waals surface area (Å²) in [7, 11) is 0. The third-order valence-electron chi connectivity index (χ3n) is 3.66. The fourth-order valence-electron chi connectivity index (χ4n) is 2.63. The van der Waals surface area contributed by atoms with Crippen LogP contribution in [0.5, 0.6) is 0 Å². The van der Waals surface area contributed by atoms with E-state index >= 15 is 0 Å². The molecule has 0 aromatic carbocycles. The lowest BCUT2D eigenvalue weighted by Gasteiger charge is -2.19. The zero-order valence-corrected chi connectivity index (χ0v) is 11.1. The second kappa shape index (κ2) is 5.65. The summed E-state index contributed by atoms with van der Waals surface area (Å²) < 4.78 is 0. The van der Waals surface area contributed by atoms with Crippen LogP contribution in [0.2, 0.25) is 0 Å². The van der Waals surface area contributed by atoms with Gasteiger partial charge in [-0.2, -0.15) is 0 Å². The summed E-state index contributed by atoms with van der Waals surface area (Å²) in [6.45, 7) is 3.13. The molecule has 0 unspecified atom stereocenters. The van der Waals surface area contributed by atoms with Crippen molar-refractivity contribution in [1.29, 1.82) is 0 Å². The van der Waals surface area contributed by atoms with Crippen LogP contribution in [0.3, 0.4) is 0 Å². The minimum absolute atomic E-state index is 0.334. The number of carbonyl (C=O) groups is 1. The van der Waals surface area contributed by atoms with Gasteiger partial charge in [-0.1, -0.05) is 19.8 Å². The number of hydrogen-bond donors (Lipinski definition) is 2. The smallest absolute Gasteiger partial charge is 0.249 e. The van der Waals surface area contributed by atoms with Crippen molar-refractivity contribution in [2.24, 2.45) is 11.7 Å². The molecule has 0 aliphatic heterocycles. The van der Waals surface area contributed by atoms with E-state index in [1.165, 1.54) is 30.6 Å². The average molecular weight is 252 g/mol. The predicted octanol–water partition coefficient (Wildman–Crippen LogP) is 2.52. The molecule has 2 atom stereocenters. The Bertz CT molecular complexity index is 389. The van der Waals surface area contributed by atoms with Crippen molar-refractivity contribution in [3.8, 4) is 0 Å². The molecule has 1 saturated carbocycles. The van der Waals surface area contributed by atoms with Crippen LogP contribution in [0.1, 0.15) is 47.8 Å². The number of hydrogen-bond acceptors (Lipinski definition) is 3. The number of amides is 1. The summed E-state index contributed by atoms with van der Waals surface area (Å²) in [6.07, 6.45) is 5.24. The number of nitrogens with two attached hydrogens (primary N) is 1. The Labute approximate surface area is 106 Å². The van der Waals surface area contributed by atoms with Crippen molar-refractivity contribution in [2.45, 2.75) is 45.2 Å². The van der Waals surface area contributed by atoms with Gasteiger partial charge in [0.15, 0.2) is 0 Å². The van der Waals surface area contributed by atoms with Crippen LogP contribution in [-0.4, -0.2) is 11.9 Å². The van der Waals surface area contributed by atoms with Gasteiger partial charge in [0.05, 0.1) is 5.56 Å². The number of nitrogens with one attached hydrogen (secondary N) is 1. The summed E-state index contributed by atoms with van der Waals surface area (Å²) in [5.41, 5.74) is 5.87. The van der Waals surface area contributed by atoms with E-state index in [1.807, 2.05) is 11.4 Å². The molecule has 0 saturated heterocycles. The van der Waals surface area contributed by atoms with Gasteiger partial charge in [-0.15, -0.1) is 11.3 Å². The number of thiophene rings is 1. The molecule has 1 aliphatic carbocycles. The molecule has 3 N–H and O–H groups in total. The van der Waals surface area contributed by atoms with Crippen molar-refractivity contribution in [1.82, 2.24) is 5.32 Å². The molecule has 0 spiro atoms. The first-order valence-corrected chi connectivity index (χ1v) is 7.19. The van der Waals surface area contributed by atoms with Gasteiger partial charge in [0.2, 0.25) is 5.91 Å². The van der Waals surface area contributed by atoms with Crippen LogP contribution in [0, 0.1) is 5.92 Å². The maximum atomic E-state index is 11.0. The van der Waals surface area contributed by atoms with Crippen LogP contribution in [0.25, 0.3) is 0 Å². The minimum Gasteiger partial charge on any atom is -0.366 e. The lowest BCUT2D eigenvalue weighted by molar-refractivity contribution is 0.100. The second-order valence-corrected chi connectivity index (χ2v) is 5.75. The van der Waals surface area contributed by atoms with E-state index in [4.69, 9.17) is 5.73 Å². The van der Waals surface area contributed by atoms with Crippen LogP contribution in [0.15, 0.2) is 11.4 Å². The largest absolute Gasteiger partial charge is 0.366 e. The monoisotopic (exact) mass is 252 g/mol. The summed E-state index contributed by atoms with van der Waals surface area (Å²) in [4.78, 5) is 12.2. The van der Waals surface area contributed by atoms with E-state index in [1.54, 1.807) is 11.3 Å². The van der Waals surface area contributed by atoms with Gasteiger partial charge in [0.1, 0.15) is 0 Å². The van der Waals surface area contributed by atoms with E-state index in [0.29, 0.717) is 11.6 Å². The zero-order chi connectivity index (χ0) is 12.3. The van der Waals surface area contributed by atoms with E-state index in [9.17, 15) is 4.79 Å². The van der Waals surface area contributed by atoms with Gasteiger partial charge >= 0.3 is 0 Å². The molecule has 1 fully saturated rings. The standard InChI is InChI=1S/C13H20N2OS/c1-2-9-4-3-5-12(9)15-7-11-6-10(8-17-11)13(14)16/h6,8-9,12,15H,2-5,7H2,1H3,(H2,14,16)/t9-,12+/m1/s1. The highest BCUT2D eigenvalue weighted by atomic mass is 32.1. The fourth-order valence-corrected chi connectivity index (χ4v) is 3.45. The van der Waals surface area contributed by atoms with E-state index in [0.717, 1.165) is 12.5 Å². The molecule has 1 aromatic rings. The molecule has 1 aliphatic rings. The van der Waals surface area contributed by atoms with Gasteiger partial charge in [0, 0.05) is 22.8 Å². The topological polar surface area (TPSA) is 55.1 Å². The SMILES string of the molecule is CC[C@@H]1CCC[C@@H]1NCc1cc(C(N)=O)cs1. The average Bonchev–Trinajstić information content (AvgIpc) is 2.95. The Hall–Kier alpha value is -0.870. The van der Waals surface area contributed by atoms with E-state index in [2.05, 4.69) is 12.2 Å². The molecule has 4 heteroatoms. The molecule has 17 heavy (non-hydrogen) atoms. The van der Waals surface area contributed by atoms with Gasteiger partial charge in [-0.25, -0.2) is 0 Å². The first kappa shape index (κ1) is 12.6. The first-order chi connectivity index (χ1) is 8.20. The van der Waals surface area contributed by atoms with Crippen LogP contribution in [-0.2, 0) is 6.54 Å². The third-order valence-corrected chi connectivity index (χ3v) is 4.60. The maximum absolute atomic E-state index is 11.0. The highest BCUT2D eigenvalue weighted by Crippen LogP contribution is 2.28. The molecule has 0 bridgehead atoms. The lowest BCUT2D eigenvalue weighted by Crippen LogP contribution is -2.31. The molecular formula is C13H20N2OS. The first-order valence-electron chi connectivity index (χ1n) is 6.31. The number of carbonyl (C=O) groups excluding carboxylic acids is 1. The summed E-state index contributed by atoms with van der Waals surface area (Å²) >= 11 is 1.61. The molecule has 2 rings (SSSR count). The highest BCUT2D eigenvalue weighted by molar-refractivity contribution is 7.10. The van der Waals surface area contributed by atoms with Gasteiger partial charge < -0.3 is 11.1 Å². The zero-order valence-electron chi connectivity index (χ0n) is 10.2. The molecular weight excluding hydrogens is 232 g/mol. The molecule has 94 valence electrons. The summed E-state index contributed by atoms with van der Waals surface area (Å²) in [6, 6.07) is 2.55. The van der Waals surface area contributed by atoms with Gasteiger partial charge in [-0.3, -0.25) is 4.79 Å². The fraction of sp³-hybridized carbons (Fsp3) is 0.615.